The predicted molar refractivity (Wildman–Crippen MR) is 110 cm³/mol. The van der Waals surface area contributed by atoms with Gasteiger partial charge in [-0.3, -0.25) is 0 Å². The van der Waals surface area contributed by atoms with Crippen LogP contribution in [0.3, 0.4) is 0 Å². The highest BCUT2D eigenvalue weighted by atomic mass is 16.7. The largest absolute Gasteiger partial charge is 0.388 e. The average Bonchev–Trinajstić information content (AvgIpc) is 2.70. The van der Waals surface area contributed by atoms with E-state index in [0.717, 1.165) is 12.8 Å². The molecule has 0 spiro atoms. The van der Waals surface area contributed by atoms with E-state index in [0.29, 0.717) is 19.8 Å². The highest BCUT2D eigenvalue weighted by Crippen LogP contribution is 2.29. The molecule has 0 aromatic heterocycles. The van der Waals surface area contributed by atoms with Gasteiger partial charge in [-0.15, -0.1) is 6.58 Å². The standard InChI is InChI=1S/C22H42O6/c1-6-8-9-10-11-12-18(25-5)13-15-26-21-17(3)22(27-14-7-2)28-19(16-24-4)20(21)23/h7,17-23H,2,6,8-16H2,1,3-5H3. The third-order valence-electron chi connectivity index (χ3n) is 5.40. The van der Waals surface area contributed by atoms with E-state index >= 15 is 0 Å². The molecule has 6 heteroatoms. The Morgan fingerprint density at radius 2 is 1.86 bits per heavy atom. The molecular formula is C22H42O6. The monoisotopic (exact) mass is 402 g/mol. The van der Waals surface area contributed by atoms with Gasteiger partial charge in [0.1, 0.15) is 12.2 Å². The van der Waals surface area contributed by atoms with E-state index in [4.69, 9.17) is 23.7 Å². The molecule has 1 saturated heterocycles. The molecule has 0 amide bonds. The van der Waals surface area contributed by atoms with Crippen LogP contribution in [0.25, 0.3) is 0 Å². The van der Waals surface area contributed by atoms with Crippen molar-refractivity contribution in [3.05, 3.63) is 12.7 Å². The molecule has 1 heterocycles. The lowest BCUT2D eigenvalue weighted by molar-refractivity contribution is -0.288. The molecule has 28 heavy (non-hydrogen) atoms. The summed E-state index contributed by atoms with van der Waals surface area (Å²) in [7, 11) is 3.35. The Morgan fingerprint density at radius 3 is 2.50 bits per heavy atom. The van der Waals surface area contributed by atoms with Gasteiger partial charge in [0.25, 0.3) is 0 Å². The van der Waals surface area contributed by atoms with Crippen LogP contribution in [0.2, 0.25) is 0 Å². The van der Waals surface area contributed by atoms with Crippen molar-refractivity contribution in [2.24, 2.45) is 5.92 Å². The van der Waals surface area contributed by atoms with Crippen LogP contribution >= 0.6 is 0 Å². The maximum Gasteiger partial charge on any atom is 0.163 e. The summed E-state index contributed by atoms with van der Waals surface area (Å²) < 4.78 is 28.5. The van der Waals surface area contributed by atoms with E-state index in [2.05, 4.69) is 13.5 Å². The van der Waals surface area contributed by atoms with Crippen LogP contribution in [0.15, 0.2) is 12.7 Å². The molecule has 0 aliphatic carbocycles. The Morgan fingerprint density at radius 1 is 1.11 bits per heavy atom. The molecule has 0 aromatic rings. The predicted octanol–water partition coefficient (Wildman–Crippen LogP) is 3.71. The number of rotatable bonds is 16. The lowest BCUT2D eigenvalue weighted by Gasteiger charge is -2.43. The molecular weight excluding hydrogens is 360 g/mol. The third kappa shape index (κ3) is 8.89. The van der Waals surface area contributed by atoms with E-state index in [9.17, 15) is 5.11 Å². The molecule has 0 radical (unpaired) electrons. The second kappa shape index (κ2) is 15.4. The van der Waals surface area contributed by atoms with E-state index in [1.807, 2.05) is 6.92 Å². The summed E-state index contributed by atoms with van der Waals surface area (Å²) in [5, 5.41) is 10.7. The SMILES string of the molecule is C=CCOC1OC(COC)C(O)C(OCCC(CCCCCCC)OC)C1C. The summed E-state index contributed by atoms with van der Waals surface area (Å²) in [5.74, 6) is -0.0990. The topological polar surface area (TPSA) is 66.4 Å². The highest BCUT2D eigenvalue weighted by Gasteiger charge is 2.44. The quantitative estimate of drug-likeness (QED) is 0.314. The Labute approximate surface area is 171 Å². The van der Waals surface area contributed by atoms with Crippen LogP contribution in [0.5, 0.6) is 0 Å². The summed E-state index contributed by atoms with van der Waals surface area (Å²) in [6.07, 6.45) is 7.98. The van der Waals surface area contributed by atoms with Gasteiger partial charge in [-0.25, -0.2) is 0 Å². The van der Waals surface area contributed by atoms with Crippen molar-refractivity contribution < 1.29 is 28.8 Å². The Kier molecular flexibility index (Phi) is 14.0. The van der Waals surface area contributed by atoms with Gasteiger partial charge in [0.05, 0.1) is 25.4 Å². The summed E-state index contributed by atoms with van der Waals surface area (Å²) in [6.45, 7) is 9.10. The van der Waals surface area contributed by atoms with Crippen molar-refractivity contribution in [3.63, 3.8) is 0 Å². The number of hydrogen-bond donors (Lipinski definition) is 1. The van der Waals surface area contributed by atoms with Crippen molar-refractivity contribution in [2.45, 2.75) is 89.5 Å². The molecule has 1 aliphatic rings. The van der Waals surface area contributed by atoms with Crippen LogP contribution < -0.4 is 0 Å². The molecule has 1 aliphatic heterocycles. The fourth-order valence-electron chi connectivity index (χ4n) is 3.65. The van der Waals surface area contributed by atoms with E-state index in [-0.39, 0.29) is 18.1 Å². The van der Waals surface area contributed by atoms with Gasteiger partial charge in [-0.1, -0.05) is 52.0 Å². The van der Waals surface area contributed by atoms with Gasteiger partial charge in [-0.2, -0.15) is 0 Å². The summed E-state index contributed by atoms with van der Waals surface area (Å²) >= 11 is 0. The minimum Gasteiger partial charge on any atom is -0.388 e. The molecule has 0 saturated carbocycles. The summed E-state index contributed by atoms with van der Waals surface area (Å²) in [4.78, 5) is 0. The second-order valence-corrected chi connectivity index (χ2v) is 7.65. The van der Waals surface area contributed by atoms with Crippen LogP contribution in [-0.2, 0) is 23.7 Å². The number of aliphatic hydroxyl groups excluding tert-OH is 1. The minimum absolute atomic E-state index is 0.0990. The molecule has 6 unspecified atom stereocenters. The molecule has 1 rings (SSSR count). The van der Waals surface area contributed by atoms with E-state index in [1.54, 1.807) is 20.3 Å². The molecule has 1 fully saturated rings. The number of hydrogen-bond acceptors (Lipinski definition) is 6. The fourth-order valence-corrected chi connectivity index (χ4v) is 3.65. The van der Waals surface area contributed by atoms with Crippen LogP contribution in [0.1, 0.15) is 58.8 Å². The van der Waals surface area contributed by atoms with Crippen molar-refractivity contribution >= 4 is 0 Å². The Bertz CT molecular complexity index is 391. The van der Waals surface area contributed by atoms with Crippen molar-refractivity contribution in [1.82, 2.24) is 0 Å². The molecule has 6 atom stereocenters. The molecule has 166 valence electrons. The highest BCUT2D eigenvalue weighted by molar-refractivity contribution is 4.89. The fraction of sp³-hybridized carbons (Fsp3) is 0.909. The van der Waals surface area contributed by atoms with Crippen molar-refractivity contribution in [2.75, 3.05) is 34.0 Å². The van der Waals surface area contributed by atoms with Crippen LogP contribution in [-0.4, -0.2) is 69.9 Å². The van der Waals surface area contributed by atoms with Gasteiger partial charge < -0.3 is 28.8 Å². The first-order chi connectivity index (χ1) is 13.6. The van der Waals surface area contributed by atoms with Gasteiger partial charge in [0.2, 0.25) is 0 Å². The lowest BCUT2D eigenvalue weighted by Crippen LogP contribution is -2.56. The maximum absolute atomic E-state index is 10.7. The minimum atomic E-state index is -0.756. The van der Waals surface area contributed by atoms with Crippen LogP contribution in [0, 0.1) is 5.92 Å². The lowest BCUT2D eigenvalue weighted by atomic mass is 9.92. The molecule has 6 nitrogen and oxygen atoms in total. The molecule has 0 bridgehead atoms. The normalized spacial score (nSPS) is 29.0. The second-order valence-electron chi connectivity index (χ2n) is 7.65. The van der Waals surface area contributed by atoms with Crippen LogP contribution in [0.4, 0.5) is 0 Å². The number of ether oxygens (including phenoxy) is 5. The summed E-state index contributed by atoms with van der Waals surface area (Å²) in [5.41, 5.74) is 0. The summed E-state index contributed by atoms with van der Waals surface area (Å²) in [6, 6.07) is 0. The third-order valence-corrected chi connectivity index (χ3v) is 5.40. The van der Waals surface area contributed by atoms with Gasteiger partial charge in [-0.05, 0) is 12.8 Å². The zero-order valence-electron chi connectivity index (χ0n) is 18.3. The first-order valence-corrected chi connectivity index (χ1v) is 10.8. The van der Waals surface area contributed by atoms with Gasteiger partial charge in [0, 0.05) is 26.7 Å². The van der Waals surface area contributed by atoms with E-state index in [1.165, 1.54) is 32.1 Å². The smallest absolute Gasteiger partial charge is 0.163 e. The average molecular weight is 403 g/mol. The first kappa shape index (κ1) is 25.5. The zero-order valence-corrected chi connectivity index (χ0v) is 18.3. The zero-order chi connectivity index (χ0) is 20.8. The number of methoxy groups -OCH3 is 2. The molecule has 0 aromatic carbocycles. The van der Waals surface area contributed by atoms with Gasteiger partial charge in [0.15, 0.2) is 6.29 Å². The number of unbranched alkanes of at least 4 members (excludes halogenated alkanes) is 4. The molecule has 1 N–H and O–H groups in total. The van der Waals surface area contributed by atoms with Gasteiger partial charge >= 0.3 is 0 Å². The maximum atomic E-state index is 10.7. The Hall–Kier alpha value is -0.500. The first-order valence-electron chi connectivity index (χ1n) is 10.8. The Balaban J connectivity index is 2.49. The van der Waals surface area contributed by atoms with Crippen molar-refractivity contribution in [3.8, 4) is 0 Å². The van der Waals surface area contributed by atoms with E-state index < -0.39 is 18.5 Å². The van der Waals surface area contributed by atoms with Crippen molar-refractivity contribution in [1.29, 1.82) is 0 Å². The number of aliphatic hydroxyl groups is 1.